The number of carbonyl (C=O) groups excluding carboxylic acids is 1. The summed E-state index contributed by atoms with van der Waals surface area (Å²) in [6, 6.07) is 7.28. The molecule has 1 aliphatic heterocycles. The van der Waals surface area contributed by atoms with Crippen LogP contribution in [0, 0.1) is 5.41 Å². The van der Waals surface area contributed by atoms with Gasteiger partial charge in [0.1, 0.15) is 0 Å². The second-order valence-electron chi connectivity index (χ2n) is 6.02. The van der Waals surface area contributed by atoms with Crippen LogP contribution in [0.2, 0.25) is 0 Å². The summed E-state index contributed by atoms with van der Waals surface area (Å²) in [7, 11) is 0. The fourth-order valence-corrected chi connectivity index (χ4v) is 3.15. The molecule has 1 amide bonds. The number of nitrogens with two attached hydrogens (primary N) is 1. The number of amides is 1. The largest absolute Gasteiger partial charge is 0.399 e. The second kappa shape index (κ2) is 5.64. The van der Waals surface area contributed by atoms with E-state index in [0.29, 0.717) is 11.3 Å². The third-order valence-electron chi connectivity index (χ3n) is 4.06. The van der Waals surface area contributed by atoms with Gasteiger partial charge in [0.25, 0.3) is 5.91 Å². The Morgan fingerprint density at radius 1 is 1.47 bits per heavy atom. The van der Waals surface area contributed by atoms with Crippen LogP contribution in [0.1, 0.15) is 49.9 Å². The van der Waals surface area contributed by atoms with Gasteiger partial charge in [-0.25, -0.2) is 0 Å². The minimum absolute atomic E-state index is 0.120. The lowest BCUT2D eigenvalue weighted by molar-refractivity contribution is 0.0530. The van der Waals surface area contributed by atoms with Gasteiger partial charge in [0.05, 0.1) is 0 Å². The van der Waals surface area contributed by atoms with Gasteiger partial charge in [0.15, 0.2) is 0 Å². The van der Waals surface area contributed by atoms with E-state index in [1.165, 1.54) is 19.3 Å². The van der Waals surface area contributed by atoms with E-state index in [1.807, 2.05) is 23.1 Å². The van der Waals surface area contributed by atoms with Crippen molar-refractivity contribution in [1.82, 2.24) is 4.90 Å². The average Bonchev–Trinajstić information content (AvgIpc) is 2.38. The monoisotopic (exact) mass is 260 g/mol. The molecule has 19 heavy (non-hydrogen) atoms. The molecule has 1 aromatic carbocycles. The van der Waals surface area contributed by atoms with E-state index < -0.39 is 0 Å². The Bertz CT molecular complexity index is 454. The molecule has 3 heteroatoms. The van der Waals surface area contributed by atoms with Crippen LogP contribution in [0.5, 0.6) is 0 Å². The van der Waals surface area contributed by atoms with Crippen LogP contribution in [0.3, 0.4) is 0 Å². The number of likely N-dealkylation sites (tertiary alicyclic amines) is 1. The Morgan fingerprint density at radius 3 is 2.95 bits per heavy atom. The lowest BCUT2D eigenvalue weighted by Crippen LogP contribution is -2.44. The number of hydrogen-bond donors (Lipinski definition) is 1. The van der Waals surface area contributed by atoms with Crippen molar-refractivity contribution in [2.45, 2.75) is 39.5 Å². The Balaban J connectivity index is 2.11. The minimum atomic E-state index is 0.120. The van der Waals surface area contributed by atoms with Gasteiger partial charge in [-0.05, 0) is 42.9 Å². The zero-order chi connectivity index (χ0) is 13.9. The van der Waals surface area contributed by atoms with Crippen LogP contribution in [-0.4, -0.2) is 23.9 Å². The van der Waals surface area contributed by atoms with E-state index in [2.05, 4.69) is 13.8 Å². The van der Waals surface area contributed by atoms with Gasteiger partial charge in [-0.1, -0.05) is 26.3 Å². The molecule has 2 rings (SSSR count). The SMILES string of the molecule is CCCC1(C)CCCN(C(=O)c2cccc(N)c2)C1. The number of carbonyl (C=O) groups is 1. The van der Waals surface area contributed by atoms with E-state index in [0.717, 1.165) is 19.5 Å². The van der Waals surface area contributed by atoms with Gasteiger partial charge in [-0.15, -0.1) is 0 Å². The zero-order valence-corrected chi connectivity index (χ0v) is 12.0. The first kappa shape index (κ1) is 13.9. The highest BCUT2D eigenvalue weighted by molar-refractivity contribution is 5.95. The normalized spacial score (nSPS) is 23.4. The molecular weight excluding hydrogens is 236 g/mol. The van der Waals surface area contributed by atoms with E-state index >= 15 is 0 Å². The molecule has 0 spiro atoms. The van der Waals surface area contributed by atoms with Crippen LogP contribution >= 0.6 is 0 Å². The molecule has 2 N–H and O–H groups in total. The summed E-state index contributed by atoms with van der Waals surface area (Å²) in [6.07, 6.45) is 4.69. The number of benzene rings is 1. The minimum Gasteiger partial charge on any atom is -0.399 e. The zero-order valence-electron chi connectivity index (χ0n) is 12.0. The van der Waals surface area contributed by atoms with Crippen LogP contribution in [0.15, 0.2) is 24.3 Å². The van der Waals surface area contributed by atoms with E-state index in [4.69, 9.17) is 5.73 Å². The van der Waals surface area contributed by atoms with Gasteiger partial charge in [0.2, 0.25) is 0 Å². The van der Waals surface area contributed by atoms with Crippen LogP contribution in [0.25, 0.3) is 0 Å². The number of hydrogen-bond acceptors (Lipinski definition) is 2. The van der Waals surface area contributed by atoms with E-state index in [-0.39, 0.29) is 11.3 Å². The molecule has 0 radical (unpaired) electrons. The summed E-state index contributed by atoms with van der Waals surface area (Å²) in [5.74, 6) is 0.120. The Kier molecular flexibility index (Phi) is 4.13. The molecule has 1 fully saturated rings. The molecule has 1 unspecified atom stereocenters. The Labute approximate surface area is 115 Å². The van der Waals surface area contributed by atoms with Gasteiger partial charge in [-0.3, -0.25) is 4.79 Å². The Hall–Kier alpha value is -1.51. The highest BCUT2D eigenvalue weighted by Crippen LogP contribution is 2.34. The molecule has 0 saturated carbocycles. The number of anilines is 1. The van der Waals surface area contributed by atoms with Crippen molar-refractivity contribution < 1.29 is 4.79 Å². The smallest absolute Gasteiger partial charge is 0.253 e. The van der Waals surface area contributed by atoms with Gasteiger partial charge < -0.3 is 10.6 Å². The van der Waals surface area contributed by atoms with Crippen LogP contribution in [0.4, 0.5) is 5.69 Å². The van der Waals surface area contributed by atoms with Crippen molar-refractivity contribution in [3.05, 3.63) is 29.8 Å². The number of nitrogen functional groups attached to an aromatic ring is 1. The van der Waals surface area contributed by atoms with Crippen LogP contribution in [-0.2, 0) is 0 Å². The number of nitrogens with zero attached hydrogens (tertiary/aromatic N) is 1. The molecule has 104 valence electrons. The first-order valence-electron chi connectivity index (χ1n) is 7.19. The fraction of sp³-hybridized carbons (Fsp3) is 0.562. The second-order valence-corrected chi connectivity index (χ2v) is 6.02. The lowest BCUT2D eigenvalue weighted by Gasteiger charge is -2.40. The topological polar surface area (TPSA) is 46.3 Å². The highest BCUT2D eigenvalue weighted by atomic mass is 16.2. The molecule has 1 aliphatic rings. The first-order valence-corrected chi connectivity index (χ1v) is 7.19. The maximum Gasteiger partial charge on any atom is 0.253 e. The molecule has 1 heterocycles. The van der Waals surface area contributed by atoms with E-state index in [9.17, 15) is 4.79 Å². The summed E-state index contributed by atoms with van der Waals surface area (Å²) >= 11 is 0. The quantitative estimate of drug-likeness (QED) is 0.847. The third kappa shape index (κ3) is 3.28. The average molecular weight is 260 g/mol. The van der Waals surface area contributed by atoms with Gasteiger partial charge in [0, 0.05) is 24.3 Å². The molecule has 0 aliphatic carbocycles. The van der Waals surface area contributed by atoms with Crippen molar-refractivity contribution >= 4 is 11.6 Å². The Morgan fingerprint density at radius 2 is 2.26 bits per heavy atom. The third-order valence-corrected chi connectivity index (χ3v) is 4.06. The predicted octanol–water partition coefficient (Wildman–Crippen LogP) is 3.31. The molecule has 1 saturated heterocycles. The summed E-state index contributed by atoms with van der Waals surface area (Å²) in [5, 5.41) is 0. The first-order chi connectivity index (χ1) is 9.04. The summed E-state index contributed by atoms with van der Waals surface area (Å²) in [5.41, 5.74) is 7.40. The molecular formula is C16H24N2O. The number of rotatable bonds is 3. The standard InChI is InChI=1S/C16H24N2O/c1-3-8-16(2)9-5-10-18(12-16)15(19)13-6-4-7-14(17)11-13/h4,6-7,11H,3,5,8-10,12,17H2,1-2H3. The molecule has 1 aromatic rings. The van der Waals surface area contributed by atoms with Crippen molar-refractivity contribution in [2.24, 2.45) is 5.41 Å². The van der Waals surface area contributed by atoms with Crippen molar-refractivity contribution in [1.29, 1.82) is 0 Å². The summed E-state index contributed by atoms with van der Waals surface area (Å²) in [6.45, 7) is 6.25. The summed E-state index contributed by atoms with van der Waals surface area (Å²) in [4.78, 5) is 14.5. The molecule has 0 aromatic heterocycles. The lowest BCUT2D eigenvalue weighted by atomic mass is 9.78. The van der Waals surface area contributed by atoms with Crippen molar-refractivity contribution in [3.63, 3.8) is 0 Å². The molecule has 1 atom stereocenters. The van der Waals surface area contributed by atoms with E-state index in [1.54, 1.807) is 6.07 Å². The van der Waals surface area contributed by atoms with Crippen LogP contribution < -0.4 is 5.73 Å². The maximum absolute atomic E-state index is 12.5. The van der Waals surface area contributed by atoms with Gasteiger partial charge >= 0.3 is 0 Å². The molecule has 0 bridgehead atoms. The highest BCUT2D eigenvalue weighted by Gasteiger charge is 2.32. The number of piperidine rings is 1. The van der Waals surface area contributed by atoms with Gasteiger partial charge in [-0.2, -0.15) is 0 Å². The fourth-order valence-electron chi connectivity index (χ4n) is 3.15. The van der Waals surface area contributed by atoms with Crippen molar-refractivity contribution in [2.75, 3.05) is 18.8 Å². The molecule has 3 nitrogen and oxygen atoms in total. The summed E-state index contributed by atoms with van der Waals surface area (Å²) < 4.78 is 0. The van der Waals surface area contributed by atoms with Crippen molar-refractivity contribution in [3.8, 4) is 0 Å². The maximum atomic E-state index is 12.5. The predicted molar refractivity (Wildman–Crippen MR) is 79.0 cm³/mol.